The number of nitrogens with two attached hydrogens (primary N) is 1. The monoisotopic (exact) mass is 376 g/mol. The lowest BCUT2D eigenvalue weighted by Gasteiger charge is -2.13. The number of nitrogens with one attached hydrogen (secondary N) is 1. The zero-order valence-electron chi connectivity index (χ0n) is 10.8. The van der Waals surface area contributed by atoms with Gasteiger partial charge in [-0.2, -0.15) is 0 Å². The number of halogens is 3. The first-order chi connectivity index (χ1) is 9.70. The Morgan fingerprint density at radius 1 is 1.19 bits per heavy atom. The summed E-state index contributed by atoms with van der Waals surface area (Å²) >= 11 is 3.15. The van der Waals surface area contributed by atoms with Gasteiger partial charge in [0.2, 0.25) is 0 Å². The molecule has 0 atom stereocenters. The molecule has 0 aliphatic rings. The van der Waals surface area contributed by atoms with Crippen molar-refractivity contribution in [2.45, 2.75) is 11.8 Å². The Morgan fingerprint density at radius 2 is 1.86 bits per heavy atom. The molecule has 0 unspecified atom stereocenters. The van der Waals surface area contributed by atoms with Crippen LogP contribution in [-0.2, 0) is 10.0 Å². The predicted molar refractivity (Wildman–Crippen MR) is 80.5 cm³/mol. The summed E-state index contributed by atoms with van der Waals surface area (Å²) in [5, 5.41) is 0. The van der Waals surface area contributed by atoms with Crippen LogP contribution in [0.5, 0.6) is 0 Å². The normalized spacial score (nSPS) is 11.4. The standard InChI is InChI=1S/C13H11BrF2N2O2S/c1-7-11(17)4-8(14)5-13(7)21(19,20)18-12-3-2-9(15)6-10(12)16/h2-6,18H,17H2,1H3. The van der Waals surface area contributed by atoms with E-state index < -0.39 is 21.7 Å². The van der Waals surface area contributed by atoms with Crippen molar-refractivity contribution < 1.29 is 17.2 Å². The molecule has 0 heterocycles. The molecule has 2 rings (SSSR count). The van der Waals surface area contributed by atoms with Gasteiger partial charge in [-0.1, -0.05) is 15.9 Å². The van der Waals surface area contributed by atoms with Gasteiger partial charge in [0.25, 0.3) is 10.0 Å². The summed E-state index contributed by atoms with van der Waals surface area (Å²) < 4.78 is 53.6. The van der Waals surface area contributed by atoms with Crippen LogP contribution in [-0.4, -0.2) is 8.42 Å². The Balaban J connectivity index is 2.48. The summed E-state index contributed by atoms with van der Waals surface area (Å²) in [5.41, 5.74) is 6.00. The lowest BCUT2D eigenvalue weighted by Crippen LogP contribution is -2.16. The van der Waals surface area contributed by atoms with E-state index >= 15 is 0 Å². The van der Waals surface area contributed by atoms with Crippen LogP contribution in [0.1, 0.15) is 5.56 Å². The Morgan fingerprint density at radius 3 is 2.48 bits per heavy atom. The van der Waals surface area contributed by atoms with Gasteiger partial charge in [-0.05, 0) is 36.8 Å². The average Bonchev–Trinajstić information content (AvgIpc) is 2.37. The van der Waals surface area contributed by atoms with Crippen molar-refractivity contribution in [3.8, 4) is 0 Å². The lowest BCUT2D eigenvalue weighted by atomic mass is 10.2. The number of nitrogen functional groups attached to an aromatic ring is 1. The molecule has 2 aromatic rings. The van der Waals surface area contributed by atoms with E-state index in [0.717, 1.165) is 12.1 Å². The molecule has 0 bridgehead atoms. The van der Waals surface area contributed by atoms with Crippen molar-refractivity contribution in [1.82, 2.24) is 0 Å². The Bertz CT molecular complexity index is 810. The average molecular weight is 377 g/mol. The van der Waals surface area contributed by atoms with Gasteiger partial charge in [-0.25, -0.2) is 17.2 Å². The molecule has 0 amide bonds. The predicted octanol–water partition coefficient (Wildman–Crippen LogP) is 3.42. The SMILES string of the molecule is Cc1c(N)cc(Br)cc1S(=O)(=O)Nc1ccc(F)cc1F. The van der Waals surface area contributed by atoms with Crippen LogP contribution in [0.25, 0.3) is 0 Å². The number of rotatable bonds is 3. The third kappa shape index (κ3) is 3.33. The Labute approximate surface area is 129 Å². The van der Waals surface area contributed by atoms with Crippen molar-refractivity contribution in [3.63, 3.8) is 0 Å². The molecule has 0 aliphatic carbocycles. The summed E-state index contributed by atoms with van der Waals surface area (Å²) in [7, 11) is -4.05. The maximum Gasteiger partial charge on any atom is 0.262 e. The van der Waals surface area contributed by atoms with E-state index in [4.69, 9.17) is 5.73 Å². The first-order valence-corrected chi connectivity index (χ1v) is 8.02. The van der Waals surface area contributed by atoms with E-state index in [9.17, 15) is 17.2 Å². The van der Waals surface area contributed by atoms with E-state index in [2.05, 4.69) is 20.7 Å². The van der Waals surface area contributed by atoms with Crippen LogP contribution in [0, 0.1) is 18.6 Å². The van der Waals surface area contributed by atoms with Crippen LogP contribution in [0.4, 0.5) is 20.2 Å². The van der Waals surface area contributed by atoms with E-state index in [1.165, 1.54) is 13.0 Å². The first-order valence-electron chi connectivity index (χ1n) is 5.74. The van der Waals surface area contributed by atoms with E-state index in [-0.39, 0.29) is 16.3 Å². The molecule has 0 radical (unpaired) electrons. The minimum absolute atomic E-state index is 0.0851. The quantitative estimate of drug-likeness (QED) is 0.806. The molecule has 0 aliphatic heterocycles. The Hall–Kier alpha value is -1.67. The zero-order valence-corrected chi connectivity index (χ0v) is 13.2. The highest BCUT2D eigenvalue weighted by atomic mass is 79.9. The Kier molecular flexibility index (Phi) is 4.20. The topological polar surface area (TPSA) is 72.2 Å². The number of hydrogen-bond donors (Lipinski definition) is 2. The molecule has 8 heteroatoms. The molecule has 112 valence electrons. The number of anilines is 2. The highest BCUT2D eigenvalue weighted by Gasteiger charge is 2.20. The molecular formula is C13H11BrF2N2O2S. The van der Waals surface area contributed by atoms with Crippen molar-refractivity contribution in [3.05, 3.63) is 52.0 Å². The maximum absolute atomic E-state index is 13.6. The van der Waals surface area contributed by atoms with Crippen LogP contribution in [0.3, 0.4) is 0 Å². The van der Waals surface area contributed by atoms with E-state index in [0.29, 0.717) is 16.1 Å². The van der Waals surface area contributed by atoms with Crippen molar-refractivity contribution in [1.29, 1.82) is 0 Å². The molecule has 21 heavy (non-hydrogen) atoms. The molecule has 0 spiro atoms. The summed E-state index contributed by atoms with van der Waals surface area (Å²) in [6.07, 6.45) is 0. The number of benzene rings is 2. The molecule has 0 fully saturated rings. The second-order valence-electron chi connectivity index (χ2n) is 4.35. The van der Waals surface area contributed by atoms with Crippen molar-refractivity contribution in [2.24, 2.45) is 0 Å². The van der Waals surface area contributed by atoms with E-state index in [1.807, 2.05) is 0 Å². The van der Waals surface area contributed by atoms with E-state index in [1.54, 1.807) is 6.07 Å². The molecule has 3 N–H and O–H groups in total. The second kappa shape index (κ2) is 5.61. The van der Waals surface area contributed by atoms with Crippen LogP contribution in [0.15, 0.2) is 39.7 Å². The molecule has 0 aromatic heterocycles. The number of hydrogen-bond acceptors (Lipinski definition) is 3. The first kappa shape index (κ1) is 15.7. The fraction of sp³-hybridized carbons (Fsp3) is 0.0769. The van der Waals surface area contributed by atoms with Gasteiger partial charge in [0, 0.05) is 16.2 Å². The van der Waals surface area contributed by atoms with Crippen LogP contribution < -0.4 is 10.5 Å². The lowest BCUT2D eigenvalue weighted by molar-refractivity contribution is 0.582. The zero-order chi connectivity index (χ0) is 15.8. The van der Waals surface area contributed by atoms with Gasteiger partial charge in [0.05, 0.1) is 10.6 Å². The van der Waals surface area contributed by atoms with Crippen LogP contribution >= 0.6 is 15.9 Å². The molecule has 2 aromatic carbocycles. The molecular weight excluding hydrogens is 366 g/mol. The van der Waals surface area contributed by atoms with Crippen LogP contribution in [0.2, 0.25) is 0 Å². The van der Waals surface area contributed by atoms with Gasteiger partial charge in [-0.3, -0.25) is 4.72 Å². The minimum atomic E-state index is -4.05. The highest BCUT2D eigenvalue weighted by Crippen LogP contribution is 2.28. The fourth-order valence-electron chi connectivity index (χ4n) is 1.73. The maximum atomic E-state index is 13.6. The summed E-state index contributed by atoms with van der Waals surface area (Å²) in [5.74, 6) is -1.79. The van der Waals surface area contributed by atoms with Gasteiger partial charge in [0.15, 0.2) is 0 Å². The highest BCUT2D eigenvalue weighted by molar-refractivity contribution is 9.10. The molecule has 0 saturated heterocycles. The number of sulfonamides is 1. The summed E-state index contributed by atoms with van der Waals surface area (Å²) in [6.45, 7) is 1.54. The smallest absolute Gasteiger partial charge is 0.262 e. The van der Waals surface area contributed by atoms with Gasteiger partial charge < -0.3 is 5.73 Å². The van der Waals surface area contributed by atoms with Gasteiger partial charge >= 0.3 is 0 Å². The fourth-order valence-corrected chi connectivity index (χ4v) is 3.72. The third-order valence-electron chi connectivity index (χ3n) is 2.83. The largest absolute Gasteiger partial charge is 0.398 e. The van der Waals surface area contributed by atoms with Crippen molar-refractivity contribution >= 4 is 37.3 Å². The molecule has 0 saturated carbocycles. The second-order valence-corrected chi connectivity index (χ2v) is 6.91. The summed E-state index contributed by atoms with van der Waals surface area (Å²) in [4.78, 5) is -0.0851. The third-order valence-corrected chi connectivity index (χ3v) is 4.78. The summed E-state index contributed by atoms with van der Waals surface area (Å²) in [6, 6.07) is 5.49. The molecule has 4 nitrogen and oxygen atoms in total. The van der Waals surface area contributed by atoms with Gasteiger partial charge in [-0.15, -0.1) is 0 Å². The minimum Gasteiger partial charge on any atom is -0.398 e. The van der Waals surface area contributed by atoms with Gasteiger partial charge in [0.1, 0.15) is 11.6 Å². The van der Waals surface area contributed by atoms with Crippen molar-refractivity contribution in [2.75, 3.05) is 10.5 Å².